The van der Waals surface area contributed by atoms with Crippen molar-refractivity contribution in [2.24, 2.45) is 5.92 Å². The second-order valence-corrected chi connectivity index (χ2v) is 5.38. The summed E-state index contributed by atoms with van der Waals surface area (Å²) >= 11 is 0. The van der Waals surface area contributed by atoms with Crippen molar-refractivity contribution in [3.8, 4) is 0 Å². The lowest BCUT2D eigenvalue weighted by atomic mass is 9.90. The van der Waals surface area contributed by atoms with Crippen LogP contribution < -0.4 is 4.90 Å². The van der Waals surface area contributed by atoms with Crippen LogP contribution in [-0.4, -0.2) is 28.6 Å². The molecule has 2 rings (SSSR count). The average Bonchev–Trinajstić information content (AvgIpc) is 2.37. The van der Waals surface area contributed by atoms with E-state index >= 15 is 0 Å². The number of carboxylic acids is 1. The van der Waals surface area contributed by atoms with Crippen LogP contribution in [0.15, 0.2) is 18.2 Å². The van der Waals surface area contributed by atoms with Crippen LogP contribution in [0.1, 0.15) is 25.3 Å². The van der Waals surface area contributed by atoms with Gasteiger partial charge in [0.2, 0.25) is 0 Å². The number of nitrogens with zero attached hydrogens (tertiary/aromatic N) is 2. The van der Waals surface area contributed by atoms with E-state index in [1.165, 1.54) is 12.1 Å². The molecule has 1 fully saturated rings. The first-order valence-electron chi connectivity index (χ1n) is 6.65. The van der Waals surface area contributed by atoms with Crippen molar-refractivity contribution in [2.45, 2.75) is 32.7 Å². The van der Waals surface area contributed by atoms with Crippen LogP contribution >= 0.6 is 0 Å². The lowest BCUT2D eigenvalue weighted by molar-refractivity contribution is -0.384. The van der Waals surface area contributed by atoms with E-state index in [-0.39, 0.29) is 11.6 Å². The second-order valence-electron chi connectivity index (χ2n) is 5.38. The molecule has 0 aliphatic carbocycles. The molecule has 0 bridgehead atoms. The van der Waals surface area contributed by atoms with Crippen LogP contribution in [0.25, 0.3) is 0 Å². The van der Waals surface area contributed by atoms with E-state index < -0.39 is 16.9 Å². The molecule has 1 heterocycles. The maximum Gasteiger partial charge on any atom is 0.326 e. The van der Waals surface area contributed by atoms with Gasteiger partial charge in [0.15, 0.2) is 0 Å². The number of piperidine rings is 1. The Morgan fingerprint density at radius 2 is 2.15 bits per heavy atom. The highest BCUT2D eigenvalue weighted by atomic mass is 16.6. The number of carbonyl (C=O) groups is 1. The maximum atomic E-state index is 11.5. The van der Waals surface area contributed by atoms with Crippen molar-refractivity contribution in [1.29, 1.82) is 0 Å². The van der Waals surface area contributed by atoms with Crippen molar-refractivity contribution in [1.82, 2.24) is 0 Å². The molecule has 1 aromatic rings. The van der Waals surface area contributed by atoms with E-state index in [2.05, 4.69) is 0 Å². The van der Waals surface area contributed by atoms with Crippen molar-refractivity contribution in [3.63, 3.8) is 0 Å². The third-order valence-electron chi connectivity index (χ3n) is 3.78. The summed E-state index contributed by atoms with van der Waals surface area (Å²) in [5, 5.41) is 20.4. The Kier molecular flexibility index (Phi) is 3.92. The van der Waals surface area contributed by atoms with E-state index in [4.69, 9.17) is 0 Å². The van der Waals surface area contributed by atoms with Crippen molar-refractivity contribution >= 4 is 17.3 Å². The van der Waals surface area contributed by atoms with E-state index in [0.29, 0.717) is 12.2 Å². The second kappa shape index (κ2) is 5.48. The molecule has 2 atom stereocenters. The quantitative estimate of drug-likeness (QED) is 0.678. The van der Waals surface area contributed by atoms with Gasteiger partial charge >= 0.3 is 5.97 Å². The van der Waals surface area contributed by atoms with Gasteiger partial charge in [-0.25, -0.2) is 4.79 Å². The van der Waals surface area contributed by atoms with Gasteiger partial charge < -0.3 is 10.0 Å². The number of carboxylic acid groups (broad SMARTS) is 1. The lowest BCUT2D eigenvalue weighted by Gasteiger charge is -2.39. The smallest absolute Gasteiger partial charge is 0.326 e. The monoisotopic (exact) mass is 278 g/mol. The maximum absolute atomic E-state index is 11.5. The molecule has 0 spiro atoms. The molecule has 1 N–H and O–H groups in total. The molecular formula is C14H18N2O4. The largest absolute Gasteiger partial charge is 0.480 e. The van der Waals surface area contributed by atoms with E-state index in [1.807, 2.05) is 6.92 Å². The number of rotatable bonds is 3. The SMILES string of the molecule is Cc1cc(N2CCCC(C)C2C(=O)O)cc([N+](=O)[O-])c1. The number of nitro groups is 1. The van der Waals surface area contributed by atoms with Gasteiger partial charge in [-0.15, -0.1) is 0 Å². The van der Waals surface area contributed by atoms with Crippen LogP contribution in [-0.2, 0) is 4.79 Å². The Balaban J connectivity index is 2.42. The normalized spacial score (nSPS) is 22.6. The fraction of sp³-hybridized carbons (Fsp3) is 0.500. The number of aryl methyl sites for hydroxylation is 1. The van der Waals surface area contributed by atoms with Gasteiger partial charge in [0, 0.05) is 24.4 Å². The first-order chi connectivity index (χ1) is 9.40. The summed E-state index contributed by atoms with van der Waals surface area (Å²) in [4.78, 5) is 23.7. The van der Waals surface area contributed by atoms with Crippen LogP contribution in [0.5, 0.6) is 0 Å². The summed E-state index contributed by atoms with van der Waals surface area (Å²) < 4.78 is 0. The third-order valence-corrected chi connectivity index (χ3v) is 3.78. The molecule has 0 aromatic heterocycles. The minimum Gasteiger partial charge on any atom is -0.480 e. The summed E-state index contributed by atoms with van der Waals surface area (Å²) in [5.41, 5.74) is 1.38. The number of nitro benzene ring substituents is 1. The predicted molar refractivity (Wildman–Crippen MR) is 75.0 cm³/mol. The van der Waals surface area contributed by atoms with Crippen LogP contribution in [0.2, 0.25) is 0 Å². The summed E-state index contributed by atoms with van der Waals surface area (Å²) in [6.07, 6.45) is 1.76. The molecule has 6 nitrogen and oxygen atoms in total. The number of aliphatic carboxylic acids is 1. The highest BCUT2D eigenvalue weighted by Crippen LogP contribution is 2.31. The molecule has 1 aliphatic heterocycles. The molecule has 0 radical (unpaired) electrons. The molecule has 0 amide bonds. The number of anilines is 1. The van der Waals surface area contributed by atoms with Crippen molar-refractivity contribution in [2.75, 3.05) is 11.4 Å². The summed E-state index contributed by atoms with van der Waals surface area (Å²) in [6, 6.07) is 4.14. The molecule has 0 saturated carbocycles. The summed E-state index contributed by atoms with van der Waals surface area (Å²) in [7, 11) is 0. The van der Waals surface area contributed by atoms with Crippen molar-refractivity contribution < 1.29 is 14.8 Å². The number of hydrogen-bond acceptors (Lipinski definition) is 4. The molecular weight excluding hydrogens is 260 g/mol. The molecule has 1 aliphatic rings. The van der Waals surface area contributed by atoms with E-state index in [9.17, 15) is 20.0 Å². The highest BCUT2D eigenvalue weighted by Gasteiger charge is 2.34. The Morgan fingerprint density at radius 3 is 2.75 bits per heavy atom. The van der Waals surface area contributed by atoms with E-state index in [0.717, 1.165) is 18.4 Å². The first kappa shape index (κ1) is 14.3. The van der Waals surface area contributed by atoms with Gasteiger partial charge in [-0.3, -0.25) is 10.1 Å². The van der Waals surface area contributed by atoms with Crippen LogP contribution in [0, 0.1) is 23.0 Å². The number of non-ortho nitro benzene ring substituents is 1. The first-order valence-corrected chi connectivity index (χ1v) is 6.65. The van der Waals surface area contributed by atoms with Crippen molar-refractivity contribution in [3.05, 3.63) is 33.9 Å². The number of hydrogen-bond donors (Lipinski definition) is 1. The minimum atomic E-state index is -0.874. The fourth-order valence-electron chi connectivity index (χ4n) is 2.87. The standard InChI is InChI=1S/C14H18N2O4/c1-9-6-11(8-12(7-9)16(19)20)15-5-3-4-10(2)13(15)14(17)18/h6-8,10,13H,3-5H2,1-2H3,(H,17,18). The Bertz CT molecular complexity index is 544. The minimum absolute atomic E-state index is 0.00219. The average molecular weight is 278 g/mol. The zero-order valence-electron chi connectivity index (χ0n) is 11.6. The highest BCUT2D eigenvalue weighted by molar-refractivity contribution is 5.79. The van der Waals surface area contributed by atoms with Gasteiger partial charge in [0.1, 0.15) is 6.04 Å². The van der Waals surface area contributed by atoms with Gasteiger partial charge in [0.05, 0.1) is 4.92 Å². The van der Waals surface area contributed by atoms with Gasteiger partial charge in [-0.2, -0.15) is 0 Å². The van der Waals surface area contributed by atoms with Crippen LogP contribution in [0.3, 0.4) is 0 Å². The zero-order chi connectivity index (χ0) is 14.9. The Labute approximate surface area is 117 Å². The number of benzene rings is 1. The molecule has 20 heavy (non-hydrogen) atoms. The third kappa shape index (κ3) is 2.74. The molecule has 1 aromatic carbocycles. The molecule has 108 valence electrons. The zero-order valence-corrected chi connectivity index (χ0v) is 11.6. The molecule has 6 heteroatoms. The lowest BCUT2D eigenvalue weighted by Crippen LogP contribution is -2.49. The molecule has 1 saturated heterocycles. The van der Waals surface area contributed by atoms with Gasteiger partial charge in [-0.05, 0) is 37.3 Å². The Hall–Kier alpha value is -2.11. The summed E-state index contributed by atoms with van der Waals surface area (Å²) in [6.45, 7) is 4.30. The van der Waals surface area contributed by atoms with Crippen LogP contribution in [0.4, 0.5) is 11.4 Å². The van der Waals surface area contributed by atoms with Gasteiger partial charge in [0.25, 0.3) is 5.69 Å². The molecule has 2 unspecified atom stereocenters. The van der Waals surface area contributed by atoms with E-state index in [1.54, 1.807) is 17.9 Å². The van der Waals surface area contributed by atoms with Gasteiger partial charge in [-0.1, -0.05) is 6.92 Å². The fourth-order valence-corrected chi connectivity index (χ4v) is 2.87. The predicted octanol–water partition coefficient (Wildman–Crippen LogP) is 2.59. The Morgan fingerprint density at radius 1 is 1.45 bits per heavy atom. The topological polar surface area (TPSA) is 83.7 Å². The summed E-state index contributed by atoms with van der Waals surface area (Å²) in [5.74, 6) is -0.845.